The van der Waals surface area contributed by atoms with Crippen LogP contribution in [0.1, 0.15) is 26.2 Å². The monoisotopic (exact) mass is 126 g/mol. The first-order valence-corrected chi connectivity index (χ1v) is 3.07. The Balaban J connectivity index is 3.40. The summed E-state index contributed by atoms with van der Waals surface area (Å²) in [6.45, 7) is 1.97. The lowest BCUT2D eigenvalue weighted by molar-refractivity contribution is 0.494. The second-order valence-electron chi connectivity index (χ2n) is 1.95. The number of rotatable bonds is 5. The number of carbonyl (C=O) groups excluding carboxylic acids is 2. The molecule has 0 N–H and O–H groups in total. The average Bonchev–Trinajstić information content (AvgIpc) is 1.88. The molecule has 0 aliphatic rings. The third-order valence-electron chi connectivity index (χ3n) is 1.13. The summed E-state index contributed by atoms with van der Waals surface area (Å²) in [4.78, 5) is 19.7. The van der Waals surface area contributed by atoms with Gasteiger partial charge in [-0.3, -0.25) is 9.59 Å². The van der Waals surface area contributed by atoms with E-state index in [1.165, 1.54) is 0 Å². The maximum Gasteiger partial charge on any atom is 0.202 e. The summed E-state index contributed by atoms with van der Waals surface area (Å²) in [5, 5.41) is 0. The molecule has 50 valence electrons. The molecule has 9 heavy (non-hydrogen) atoms. The molecule has 0 aromatic rings. The van der Waals surface area contributed by atoms with Crippen LogP contribution in [0.25, 0.3) is 0 Å². The van der Waals surface area contributed by atoms with E-state index in [0.29, 0.717) is 0 Å². The molecule has 2 radical (unpaired) electrons. The lowest BCUT2D eigenvalue weighted by atomic mass is 10.0. The summed E-state index contributed by atoms with van der Waals surface area (Å²) in [6.07, 6.45) is 5.36. The van der Waals surface area contributed by atoms with E-state index in [2.05, 4.69) is 0 Å². The molecule has 0 spiro atoms. The molecule has 0 aliphatic heterocycles. The molecule has 0 bridgehead atoms. The first-order chi connectivity index (χ1) is 4.35. The van der Waals surface area contributed by atoms with E-state index >= 15 is 0 Å². The van der Waals surface area contributed by atoms with Gasteiger partial charge >= 0.3 is 0 Å². The van der Waals surface area contributed by atoms with Crippen molar-refractivity contribution in [3.05, 3.63) is 0 Å². The fourth-order valence-corrected chi connectivity index (χ4v) is 0.652. The molecule has 2 nitrogen and oxygen atoms in total. The van der Waals surface area contributed by atoms with E-state index in [-0.39, 0.29) is 12.3 Å². The summed E-state index contributed by atoms with van der Waals surface area (Å²) < 4.78 is 0. The highest BCUT2D eigenvalue weighted by molar-refractivity contribution is 5.62. The fraction of sp³-hybridized carbons (Fsp3) is 0.714. The van der Waals surface area contributed by atoms with Gasteiger partial charge in [0.25, 0.3) is 0 Å². The van der Waals surface area contributed by atoms with Crippen LogP contribution >= 0.6 is 0 Å². The molecule has 1 atom stereocenters. The molecule has 1 unspecified atom stereocenters. The van der Waals surface area contributed by atoms with Gasteiger partial charge in [-0.2, -0.15) is 0 Å². The quantitative estimate of drug-likeness (QED) is 0.551. The van der Waals surface area contributed by atoms with Gasteiger partial charge in [0.05, 0.1) is 0 Å². The Kier molecular flexibility index (Phi) is 5.07. The van der Waals surface area contributed by atoms with E-state index in [1.54, 1.807) is 12.6 Å². The molecule has 2 heteroatoms. The summed E-state index contributed by atoms with van der Waals surface area (Å²) in [7, 11) is 0. The van der Waals surface area contributed by atoms with Gasteiger partial charge in [-0.15, -0.1) is 0 Å². The first kappa shape index (κ1) is 8.34. The highest BCUT2D eigenvalue weighted by Crippen LogP contribution is 2.04. The minimum absolute atomic E-state index is 0.206. The number of hydrogen-bond donors (Lipinski definition) is 0. The predicted octanol–water partition coefficient (Wildman–Crippen LogP) is 1.01. The Bertz CT molecular complexity index is 88.9. The molecule has 0 aliphatic carbocycles. The SMILES string of the molecule is CCCC([C]=O)C[C]=O. The van der Waals surface area contributed by atoms with E-state index < -0.39 is 0 Å². The number of hydrogen-bond acceptors (Lipinski definition) is 2. The van der Waals surface area contributed by atoms with Crippen molar-refractivity contribution >= 4 is 12.6 Å². The molecule has 0 saturated heterocycles. The molecular formula is C7H10O2. The summed E-state index contributed by atoms with van der Waals surface area (Å²) in [6, 6.07) is 0. The molecule has 0 rings (SSSR count). The second kappa shape index (κ2) is 5.48. The lowest BCUT2D eigenvalue weighted by Crippen LogP contribution is -2.01. The van der Waals surface area contributed by atoms with Crippen molar-refractivity contribution in [3.63, 3.8) is 0 Å². The zero-order chi connectivity index (χ0) is 7.11. The zero-order valence-corrected chi connectivity index (χ0v) is 5.52. The van der Waals surface area contributed by atoms with Crippen LogP contribution in [0.2, 0.25) is 0 Å². The van der Waals surface area contributed by atoms with Crippen LogP contribution in [0.5, 0.6) is 0 Å². The van der Waals surface area contributed by atoms with Crippen LogP contribution < -0.4 is 0 Å². The van der Waals surface area contributed by atoms with Crippen LogP contribution in [0.15, 0.2) is 0 Å². The largest absolute Gasteiger partial charge is 0.291 e. The zero-order valence-electron chi connectivity index (χ0n) is 5.52. The Morgan fingerprint density at radius 3 is 2.44 bits per heavy atom. The second-order valence-corrected chi connectivity index (χ2v) is 1.95. The Labute approximate surface area is 55.3 Å². The Morgan fingerprint density at radius 2 is 2.11 bits per heavy atom. The van der Waals surface area contributed by atoms with Crippen molar-refractivity contribution in [2.24, 2.45) is 5.92 Å². The maximum absolute atomic E-state index is 9.98. The van der Waals surface area contributed by atoms with Gasteiger partial charge in [0, 0.05) is 12.3 Å². The van der Waals surface area contributed by atoms with Crippen LogP contribution in [-0.2, 0) is 9.59 Å². The van der Waals surface area contributed by atoms with Gasteiger partial charge in [0.2, 0.25) is 6.29 Å². The highest BCUT2D eigenvalue weighted by atomic mass is 16.1. The maximum atomic E-state index is 9.98. The molecule has 0 aromatic carbocycles. The van der Waals surface area contributed by atoms with E-state index in [4.69, 9.17) is 0 Å². The molecule has 0 fully saturated rings. The average molecular weight is 126 g/mol. The molecule has 0 amide bonds. The molecule has 0 saturated carbocycles. The Morgan fingerprint density at radius 1 is 1.44 bits per heavy atom. The third-order valence-corrected chi connectivity index (χ3v) is 1.13. The standard InChI is InChI=1S/C7H10O2/c1-2-3-7(6-9)4-5-8/h7H,2-4H2,1H3. The van der Waals surface area contributed by atoms with E-state index in [0.717, 1.165) is 12.8 Å². The van der Waals surface area contributed by atoms with Gasteiger partial charge in [-0.05, 0) is 6.42 Å². The van der Waals surface area contributed by atoms with E-state index in [1.807, 2.05) is 6.92 Å². The minimum atomic E-state index is -0.215. The predicted molar refractivity (Wildman–Crippen MR) is 34.4 cm³/mol. The molecule has 0 aromatic heterocycles. The highest BCUT2D eigenvalue weighted by Gasteiger charge is 2.05. The van der Waals surface area contributed by atoms with Gasteiger partial charge in [0.1, 0.15) is 0 Å². The molecular weight excluding hydrogens is 116 g/mol. The van der Waals surface area contributed by atoms with E-state index in [9.17, 15) is 9.59 Å². The van der Waals surface area contributed by atoms with Crippen molar-refractivity contribution in [2.75, 3.05) is 0 Å². The summed E-state index contributed by atoms with van der Waals surface area (Å²) in [5.41, 5.74) is 0. The molecule has 0 heterocycles. The fourth-order valence-electron chi connectivity index (χ4n) is 0.652. The lowest BCUT2D eigenvalue weighted by Gasteiger charge is -1.98. The minimum Gasteiger partial charge on any atom is -0.291 e. The van der Waals surface area contributed by atoms with Crippen molar-refractivity contribution in [2.45, 2.75) is 26.2 Å². The van der Waals surface area contributed by atoms with Crippen LogP contribution in [-0.4, -0.2) is 12.6 Å². The normalized spacial score (nSPS) is 12.6. The van der Waals surface area contributed by atoms with Crippen molar-refractivity contribution < 1.29 is 9.59 Å². The Hall–Kier alpha value is -0.660. The van der Waals surface area contributed by atoms with Crippen molar-refractivity contribution in [1.29, 1.82) is 0 Å². The van der Waals surface area contributed by atoms with Gasteiger partial charge in [0.15, 0.2) is 6.29 Å². The van der Waals surface area contributed by atoms with Crippen LogP contribution in [0, 0.1) is 5.92 Å². The van der Waals surface area contributed by atoms with Crippen molar-refractivity contribution in [1.82, 2.24) is 0 Å². The third kappa shape index (κ3) is 3.88. The van der Waals surface area contributed by atoms with Crippen LogP contribution in [0.4, 0.5) is 0 Å². The van der Waals surface area contributed by atoms with Gasteiger partial charge in [-0.1, -0.05) is 13.3 Å². The summed E-state index contributed by atoms with van der Waals surface area (Å²) in [5.74, 6) is -0.215. The summed E-state index contributed by atoms with van der Waals surface area (Å²) >= 11 is 0. The first-order valence-electron chi connectivity index (χ1n) is 3.07. The van der Waals surface area contributed by atoms with Gasteiger partial charge in [-0.25, -0.2) is 0 Å². The topological polar surface area (TPSA) is 34.1 Å². The van der Waals surface area contributed by atoms with Crippen LogP contribution in [0.3, 0.4) is 0 Å². The van der Waals surface area contributed by atoms with Crippen molar-refractivity contribution in [3.8, 4) is 0 Å². The van der Waals surface area contributed by atoms with Gasteiger partial charge < -0.3 is 0 Å². The smallest absolute Gasteiger partial charge is 0.202 e.